The number of carbonyl (C=O) groups excluding carboxylic acids is 4. The minimum atomic E-state index is -5.99. The Labute approximate surface area is 262 Å². The minimum Gasteiger partial charge on any atom is -0.277 e. The Hall–Kier alpha value is -3.70. The van der Waals surface area contributed by atoms with Crippen LogP contribution in [0.25, 0.3) is 0 Å². The molecule has 0 aromatic heterocycles. The number of benzene rings is 2. The molecule has 0 spiro atoms. The third-order valence-corrected chi connectivity index (χ3v) is 10.7. The first-order valence-electron chi connectivity index (χ1n) is 15.7. The molecule has 2 fully saturated rings. The number of imide groups is 2. The summed E-state index contributed by atoms with van der Waals surface area (Å²) in [5.74, 6) is -1.69. The molecule has 46 heavy (non-hydrogen) atoms. The molecule has 246 valence electrons. The molecule has 0 bridgehead atoms. The van der Waals surface area contributed by atoms with Gasteiger partial charge in [0.1, 0.15) is 0 Å². The van der Waals surface area contributed by atoms with Crippen molar-refractivity contribution in [3.05, 3.63) is 69.8 Å². The molecule has 0 radical (unpaired) electrons. The first kappa shape index (κ1) is 32.2. The molecule has 12 heteroatoms. The fourth-order valence-electron chi connectivity index (χ4n) is 8.08. The number of rotatable bonds is 5. The standard InChI is InChI=1S/C34H34F6N2O4/c1-18-3-5-19(6-4-18)15-20-7-11-23(12-8-20)42-30(45)25-14-10-22(17-27(25)31(42)46)32(33(35,36)37,34(38,39)40)21-9-13-24-26(16-21)29(44)41(2)28(24)43/h9-10,13-14,16-20,23H,3-8,11-12,15H2,1-2H3. The molecule has 0 atom stereocenters. The van der Waals surface area contributed by atoms with Gasteiger partial charge in [-0.3, -0.25) is 29.0 Å². The molecule has 4 amide bonds. The fraction of sp³-hybridized carbons (Fsp3) is 0.529. The number of hydrogen-bond donors (Lipinski definition) is 0. The van der Waals surface area contributed by atoms with Crippen LogP contribution < -0.4 is 0 Å². The van der Waals surface area contributed by atoms with Crippen molar-refractivity contribution in [1.29, 1.82) is 0 Å². The van der Waals surface area contributed by atoms with Crippen LogP contribution in [0.4, 0.5) is 26.3 Å². The van der Waals surface area contributed by atoms with E-state index < -0.39 is 69.7 Å². The number of carbonyl (C=O) groups is 4. The number of hydrogen-bond acceptors (Lipinski definition) is 4. The van der Waals surface area contributed by atoms with Crippen LogP contribution >= 0.6 is 0 Å². The van der Waals surface area contributed by atoms with Gasteiger partial charge in [-0.2, -0.15) is 26.3 Å². The monoisotopic (exact) mass is 648 g/mol. The zero-order chi connectivity index (χ0) is 33.3. The Morgan fingerprint density at radius 1 is 0.609 bits per heavy atom. The van der Waals surface area contributed by atoms with Gasteiger partial charge in [0.25, 0.3) is 23.6 Å². The largest absolute Gasteiger partial charge is 0.411 e. The molecular formula is C34H34F6N2O4. The highest BCUT2D eigenvalue weighted by atomic mass is 19.4. The van der Waals surface area contributed by atoms with Crippen LogP contribution in [-0.2, 0) is 5.41 Å². The van der Waals surface area contributed by atoms with Gasteiger partial charge in [-0.15, -0.1) is 0 Å². The molecule has 0 saturated heterocycles. The van der Waals surface area contributed by atoms with Crippen molar-refractivity contribution < 1.29 is 45.5 Å². The van der Waals surface area contributed by atoms with Gasteiger partial charge in [-0.1, -0.05) is 44.7 Å². The maximum absolute atomic E-state index is 14.9. The van der Waals surface area contributed by atoms with Crippen molar-refractivity contribution in [3.63, 3.8) is 0 Å². The second-order valence-corrected chi connectivity index (χ2v) is 13.5. The summed E-state index contributed by atoms with van der Waals surface area (Å²) in [7, 11) is 1.07. The maximum atomic E-state index is 14.9. The van der Waals surface area contributed by atoms with Gasteiger partial charge >= 0.3 is 12.4 Å². The molecule has 4 aliphatic rings. The maximum Gasteiger partial charge on any atom is 0.411 e. The molecule has 2 aliphatic heterocycles. The summed E-state index contributed by atoms with van der Waals surface area (Å²) in [5, 5.41) is 0. The smallest absolute Gasteiger partial charge is 0.277 e. The zero-order valence-corrected chi connectivity index (χ0v) is 25.4. The predicted octanol–water partition coefficient (Wildman–Crippen LogP) is 7.69. The first-order valence-corrected chi connectivity index (χ1v) is 15.7. The quantitative estimate of drug-likeness (QED) is 0.246. The lowest BCUT2D eigenvalue weighted by Crippen LogP contribution is -2.55. The highest BCUT2D eigenvalue weighted by Crippen LogP contribution is 2.57. The Kier molecular flexibility index (Phi) is 7.87. The lowest BCUT2D eigenvalue weighted by molar-refractivity contribution is -0.288. The van der Waals surface area contributed by atoms with Crippen LogP contribution in [-0.4, -0.2) is 58.9 Å². The van der Waals surface area contributed by atoms with Gasteiger partial charge < -0.3 is 0 Å². The lowest BCUT2D eigenvalue weighted by atomic mass is 9.71. The summed E-state index contributed by atoms with van der Waals surface area (Å²) in [6.07, 6.45) is -3.48. The average Bonchev–Trinajstić information content (AvgIpc) is 3.37. The van der Waals surface area contributed by atoms with Crippen LogP contribution in [0.5, 0.6) is 0 Å². The first-order chi connectivity index (χ1) is 21.6. The zero-order valence-electron chi connectivity index (χ0n) is 25.4. The van der Waals surface area contributed by atoms with Gasteiger partial charge in [-0.25, -0.2) is 0 Å². The van der Waals surface area contributed by atoms with Gasteiger partial charge in [0, 0.05) is 13.1 Å². The van der Waals surface area contributed by atoms with E-state index in [9.17, 15) is 45.5 Å². The molecule has 0 unspecified atom stereocenters. The van der Waals surface area contributed by atoms with E-state index in [0.29, 0.717) is 53.8 Å². The summed E-state index contributed by atoms with van der Waals surface area (Å²) < 4.78 is 89.5. The van der Waals surface area contributed by atoms with Crippen molar-refractivity contribution in [2.45, 2.75) is 88.5 Å². The fourth-order valence-corrected chi connectivity index (χ4v) is 8.08. The summed E-state index contributed by atoms with van der Waals surface area (Å²) >= 11 is 0. The van der Waals surface area contributed by atoms with E-state index in [1.54, 1.807) is 0 Å². The molecule has 2 aromatic rings. The van der Waals surface area contributed by atoms with E-state index in [1.165, 1.54) is 25.7 Å². The van der Waals surface area contributed by atoms with Gasteiger partial charge in [-0.05, 0) is 85.3 Å². The predicted molar refractivity (Wildman–Crippen MR) is 154 cm³/mol. The number of fused-ring (bicyclic) bond motifs is 2. The van der Waals surface area contributed by atoms with E-state index >= 15 is 0 Å². The topological polar surface area (TPSA) is 74.8 Å². The summed E-state index contributed by atoms with van der Waals surface area (Å²) in [6.45, 7) is 2.26. The molecular weight excluding hydrogens is 614 g/mol. The third kappa shape index (κ3) is 4.94. The number of halogens is 6. The number of alkyl halides is 6. The SMILES string of the molecule is CC1CCC(CC2CCC(N3C(=O)c4ccc(C(c5ccc6c(c5)C(=O)N(C)C6=O)(C(F)(F)F)C(F)(F)F)cc4C3=O)CC2)CC1. The molecule has 2 aliphatic carbocycles. The van der Waals surface area contributed by atoms with Gasteiger partial charge in [0.05, 0.1) is 22.3 Å². The van der Waals surface area contributed by atoms with E-state index in [2.05, 4.69) is 6.92 Å². The van der Waals surface area contributed by atoms with Crippen LogP contribution in [0.15, 0.2) is 36.4 Å². The summed E-state index contributed by atoms with van der Waals surface area (Å²) in [4.78, 5) is 53.4. The van der Waals surface area contributed by atoms with E-state index in [-0.39, 0.29) is 11.1 Å². The normalized spacial score (nSPS) is 25.7. The molecule has 2 aromatic carbocycles. The second kappa shape index (κ2) is 11.2. The van der Waals surface area contributed by atoms with Gasteiger partial charge in [0.2, 0.25) is 5.41 Å². The van der Waals surface area contributed by atoms with Gasteiger partial charge in [0.15, 0.2) is 0 Å². The summed E-state index contributed by atoms with van der Waals surface area (Å²) in [5.41, 5.74) is -8.99. The Morgan fingerprint density at radius 3 is 1.52 bits per heavy atom. The van der Waals surface area contributed by atoms with Crippen molar-refractivity contribution in [3.8, 4) is 0 Å². The lowest BCUT2D eigenvalue weighted by Gasteiger charge is -2.38. The summed E-state index contributed by atoms with van der Waals surface area (Å²) in [6, 6.07) is 3.19. The number of nitrogens with zero attached hydrogens (tertiary/aromatic N) is 2. The van der Waals surface area contributed by atoms with E-state index in [1.807, 2.05) is 0 Å². The highest BCUT2D eigenvalue weighted by Gasteiger charge is 2.73. The van der Waals surface area contributed by atoms with Crippen molar-refractivity contribution in [2.24, 2.45) is 17.8 Å². The minimum absolute atomic E-state index is 0.248. The van der Waals surface area contributed by atoms with Crippen LogP contribution in [0.1, 0.15) is 117 Å². The number of amides is 4. The Balaban J connectivity index is 1.31. The van der Waals surface area contributed by atoms with E-state index in [0.717, 1.165) is 49.3 Å². The van der Waals surface area contributed by atoms with Crippen molar-refractivity contribution >= 4 is 23.6 Å². The highest BCUT2D eigenvalue weighted by molar-refractivity contribution is 6.22. The molecule has 0 N–H and O–H groups in total. The van der Waals surface area contributed by atoms with Crippen LogP contribution in [0.3, 0.4) is 0 Å². The average molecular weight is 649 g/mol. The third-order valence-electron chi connectivity index (χ3n) is 10.7. The molecule has 6 rings (SSSR count). The van der Waals surface area contributed by atoms with Crippen molar-refractivity contribution in [2.75, 3.05) is 7.05 Å². The van der Waals surface area contributed by atoms with Crippen LogP contribution in [0.2, 0.25) is 0 Å². The Morgan fingerprint density at radius 2 is 1.02 bits per heavy atom. The molecule has 2 saturated carbocycles. The molecule has 6 nitrogen and oxygen atoms in total. The molecule has 2 heterocycles. The second-order valence-electron chi connectivity index (χ2n) is 13.5. The van der Waals surface area contributed by atoms with Crippen molar-refractivity contribution in [1.82, 2.24) is 9.80 Å². The Bertz CT molecular complexity index is 1590. The van der Waals surface area contributed by atoms with Crippen LogP contribution in [0, 0.1) is 17.8 Å². The van der Waals surface area contributed by atoms with E-state index in [4.69, 9.17) is 0 Å².